The molecule has 0 unspecified atom stereocenters. The van der Waals surface area contributed by atoms with Crippen molar-refractivity contribution in [3.63, 3.8) is 0 Å². The molecule has 0 radical (unpaired) electrons. The average molecular weight is 482 g/mol. The summed E-state index contributed by atoms with van der Waals surface area (Å²) in [5.74, 6) is -1.67. The van der Waals surface area contributed by atoms with Crippen LogP contribution in [0.4, 0.5) is 0 Å². The minimum atomic E-state index is -2.47. The number of hydrogen-bond acceptors (Lipinski definition) is 8. The van der Waals surface area contributed by atoms with Crippen molar-refractivity contribution in [1.82, 2.24) is 0 Å². The zero-order valence-electron chi connectivity index (χ0n) is 19.4. The summed E-state index contributed by atoms with van der Waals surface area (Å²) in [6.45, 7) is -0.678. The Morgan fingerprint density at radius 1 is 1.03 bits per heavy atom. The molecule has 3 aliphatic rings. The molecule has 8 heteroatoms. The predicted molar refractivity (Wildman–Crippen MR) is 125 cm³/mol. The fraction of sp³-hybridized carbons (Fsp3) is 0.519. The Labute approximate surface area is 204 Å². The van der Waals surface area contributed by atoms with Crippen LogP contribution in [0.25, 0.3) is 0 Å². The molecule has 0 aromatic heterocycles. The molecule has 2 aliphatic carbocycles. The minimum Gasteiger partial charge on any atom is -0.490 e. The lowest BCUT2D eigenvalue weighted by Crippen LogP contribution is -2.63. The van der Waals surface area contributed by atoms with Gasteiger partial charge >= 0.3 is 0 Å². The molecule has 1 aliphatic heterocycles. The molecule has 2 aromatic rings. The highest BCUT2D eigenvalue weighted by molar-refractivity contribution is 5.52. The fourth-order valence-electron chi connectivity index (χ4n) is 4.84. The van der Waals surface area contributed by atoms with Crippen LogP contribution in [0, 0.1) is 11.3 Å². The summed E-state index contributed by atoms with van der Waals surface area (Å²) in [5.41, 5.74) is 3.28. The van der Waals surface area contributed by atoms with E-state index in [0.29, 0.717) is 23.5 Å². The summed E-state index contributed by atoms with van der Waals surface area (Å²) >= 11 is 0. The zero-order chi connectivity index (χ0) is 24.7. The summed E-state index contributed by atoms with van der Waals surface area (Å²) in [7, 11) is 0. The monoisotopic (exact) mass is 481 g/mol. The Balaban J connectivity index is 1.55. The third kappa shape index (κ3) is 4.56. The molecule has 186 valence electrons. The number of ether oxygens (including phenoxy) is 2. The minimum absolute atomic E-state index is 0.0462. The maximum atomic E-state index is 11.5. The highest BCUT2D eigenvalue weighted by Gasteiger charge is 2.55. The standard InChI is InChI=1S/C27H31NO7/c28-13-19-12-22(34-20-2-1-3-20)21(27(33)26(32)25(31)24(30)23(14-29)35-27)11-18(19)10-15-4-6-16(7-5-15)17-8-9-17/h4-7,11-12,17,20,23-26,29-33H,1-3,8-10,14H2/t23-,24-,25+,26-,27-/m1/s1. The van der Waals surface area contributed by atoms with Crippen LogP contribution >= 0.6 is 0 Å². The third-order valence-electron chi connectivity index (χ3n) is 7.45. The lowest BCUT2D eigenvalue weighted by atomic mass is 9.85. The van der Waals surface area contributed by atoms with Crippen molar-refractivity contribution >= 4 is 0 Å². The molecule has 0 spiro atoms. The summed E-state index contributed by atoms with van der Waals surface area (Å²) in [4.78, 5) is 0. The number of aliphatic hydroxyl groups is 5. The van der Waals surface area contributed by atoms with Crippen molar-refractivity contribution in [1.29, 1.82) is 5.26 Å². The lowest BCUT2D eigenvalue weighted by molar-refractivity contribution is -0.358. The largest absolute Gasteiger partial charge is 0.490 e. The van der Waals surface area contributed by atoms with E-state index < -0.39 is 36.8 Å². The Bertz CT molecular complexity index is 1100. The third-order valence-corrected chi connectivity index (χ3v) is 7.45. The van der Waals surface area contributed by atoms with E-state index in [2.05, 4.69) is 18.2 Å². The van der Waals surface area contributed by atoms with E-state index in [0.717, 1.165) is 24.8 Å². The average Bonchev–Trinajstić information content (AvgIpc) is 3.69. The zero-order valence-corrected chi connectivity index (χ0v) is 19.4. The second-order valence-corrected chi connectivity index (χ2v) is 9.94. The van der Waals surface area contributed by atoms with Gasteiger partial charge in [-0.2, -0.15) is 5.26 Å². The summed E-state index contributed by atoms with van der Waals surface area (Å²) < 4.78 is 11.7. The van der Waals surface area contributed by atoms with Gasteiger partial charge in [-0.15, -0.1) is 0 Å². The molecule has 1 heterocycles. The molecule has 2 aromatic carbocycles. The van der Waals surface area contributed by atoms with Crippen molar-refractivity contribution in [2.45, 2.75) is 80.7 Å². The van der Waals surface area contributed by atoms with E-state index in [-0.39, 0.29) is 17.4 Å². The molecule has 5 rings (SSSR count). The van der Waals surface area contributed by atoms with Gasteiger partial charge in [0, 0.05) is 0 Å². The van der Waals surface area contributed by atoms with Gasteiger partial charge in [0.1, 0.15) is 30.2 Å². The van der Waals surface area contributed by atoms with E-state index in [1.807, 2.05) is 12.1 Å². The SMILES string of the molecule is N#Cc1cc(OC2CCC2)c([C@@]2(O)O[C@H](CO)[C@@H](O)[C@H](O)[C@H]2O)cc1Cc1ccc(C2CC2)cc1. The van der Waals surface area contributed by atoms with E-state index in [4.69, 9.17) is 9.47 Å². The van der Waals surface area contributed by atoms with E-state index in [1.165, 1.54) is 24.5 Å². The van der Waals surface area contributed by atoms with Crippen LogP contribution < -0.4 is 4.74 Å². The number of nitriles is 1. The van der Waals surface area contributed by atoms with Crippen LogP contribution in [0.5, 0.6) is 5.75 Å². The van der Waals surface area contributed by atoms with Gasteiger partial charge in [0.2, 0.25) is 5.79 Å². The van der Waals surface area contributed by atoms with Gasteiger partial charge in [-0.05, 0) is 73.3 Å². The predicted octanol–water partition coefficient (Wildman–Crippen LogP) is 1.58. The first-order valence-corrected chi connectivity index (χ1v) is 12.2. The molecular formula is C27H31NO7. The summed E-state index contributed by atoms with van der Waals surface area (Å²) in [5, 5.41) is 62.4. The Morgan fingerprint density at radius 3 is 2.31 bits per heavy atom. The molecule has 0 amide bonds. The van der Waals surface area contributed by atoms with Crippen molar-refractivity contribution < 1.29 is 35.0 Å². The molecular weight excluding hydrogens is 450 g/mol. The first-order valence-electron chi connectivity index (χ1n) is 12.2. The molecule has 35 heavy (non-hydrogen) atoms. The normalized spacial score (nSPS) is 31.0. The Kier molecular flexibility index (Phi) is 6.57. The molecule has 8 nitrogen and oxygen atoms in total. The van der Waals surface area contributed by atoms with E-state index in [1.54, 1.807) is 6.07 Å². The van der Waals surface area contributed by atoms with Gasteiger partial charge in [0.05, 0.1) is 29.9 Å². The highest BCUT2D eigenvalue weighted by atomic mass is 16.7. The van der Waals surface area contributed by atoms with Gasteiger partial charge in [-0.1, -0.05) is 24.3 Å². The highest BCUT2D eigenvalue weighted by Crippen LogP contribution is 2.43. The van der Waals surface area contributed by atoms with Crippen LogP contribution in [-0.4, -0.2) is 62.7 Å². The molecule has 2 saturated carbocycles. The number of benzene rings is 2. The first-order chi connectivity index (χ1) is 16.8. The quantitative estimate of drug-likeness (QED) is 0.401. The second kappa shape index (κ2) is 9.51. The topological polar surface area (TPSA) is 143 Å². The molecule has 1 saturated heterocycles. The summed E-state index contributed by atoms with van der Waals surface area (Å²) in [6.07, 6.45) is -1.25. The van der Waals surface area contributed by atoms with E-state index in [9.17, 15) is 30.8 Å². The number of hydrogen-bond donors (Lipinski definition) is 5. The van der Waals surface area contributed by atoms with Crippen LogP contribution in [-0.2, 0) is 16.9 Å². The van der Waals surface area contributed by atoms with Crippen molar-refractivity contribution in [2.75, 3.05) is 6.61 Å². The second-order valence-electron chi connectivity index (χ2n) is 9.94. The van der Waals surface area contributed by atoms with E-state index >= 15 is 0 Å². The molecule has 5 N–H and O–H groups in total. The molecule has 0 bridgehead atoms. The summed E-state index contributed by atoms with van der Waals surface area (Å²) in [6, 6.07) is 13.5. The molecule has 3 fully saturated rings. The van der Waals surface area contributed by atoms with Crippen LogP contribution in [0.2, 0.25) is 0 Å². The Morgan fingerprint density at radius 2 is 1.74 bits per heavy atom. The van der Waals surface area contributed by atoms with Gasteiger partial charge in [0.25, 0.3) is 0 Å². The van der Waals surface area contributed by atoms with Crippen LogP contribution in [0.1, 0.15) is 65.8 Å². The van der Waals surface area contributed by atoms with Gasteiger partial charge in [-0.25, -0.2) is 0 Å². The molecule has 5 atom stereocenters. The van der Waals surface area contributed by atoms with Gasteiger partial charge < -0.3 is 35.0 Å². The maximum Gasteiger partial charge on any atom is 0.226 e. The van der Waals surface area contributed by atoms with Crippen LogP contribution in [0.15, 0.2) is 36.4 Å². The van der Waals surface area contributed by atoms with Crippen molar-refractivity contribution in [3.8, 4) is 11.8 Å². The van der Waals surface area contributed by atoms with Gasteiger partial charge in [-0.3, -0.25) is 0 Å². The van der Waals surface area contributed by atoms with Crippen molar-refractivity contribution in [3.05, 3.63) is 64.2 Å². The van der Waals surface area contributed by atoms with Crippen LogP contribution in [0.3, 0.4) is 0 Å². The first kappa shape index (κ1) is 24.2. The fourth-order valence-corrected chi connectivity index (χ4v) is 4.84. The van der Waals surface area contributed by atoms with Crippen molar-refractivity contribution in [2.24, 2.45) is 0 Å². The Hall–Kier alpha value is -2.51. The smallest absolute Gasteiger partial charge is 0.226 e. The number of nitrogens with zero attached hydrogens (tertiary/aromatic N) is 1. The number of aliphatic hydroxyl groups excluding tert-OH is 4. The lowest BCUT2D eigenvalue weighted by Gasteiger charge is -2.46. The van der Waals surface area contributed by atoms with Gasteiger partial charge in [0.15, 0.2) is 0 Å². The maximum absolute atomic E-state index is 11.5. The number of rotatable bonds is 7.